The van der Waals surface area contributed by atoms with Crippen molar-refractivity contribution < 1.29 is 14.1 Å². The summed E-state index contributed by atoms with van der Waals surface area (Å²) in [5, 5.41) is 11.4. The lowest BCUT2D eigenvalue weighted by Crippen LogP contribution is -2.61. The van der Waals surface area contributed by atoms with Crippen LogP contribution >= 0.6 is 35.0 Å². The Balaban J connectivity index is 1.67. The molecule has 2 N–H and O–H groups in total. The number of benzene rings is 2. The Hall–Kier alpha value is -2.83. The van der Waals surface area contributed by atoms with E-state index in [9.17, 15) is 14.9 Å². The van der Waals surface area contributed by atoms with Gasteiger partial charge in [0.25, 0.3) is 5.91 Å². The minimum Gasteiger partial charge on any atom is -0.364 e. The molecule has 7 nitrogen and oxygen atoms in total. The Labute approximate surface area is 249 Å². The molecule has 0 aliphatic carbocycles. The van der Waals surface area contributed by atoms with Gasteiger partial charge < -0.3 is 10.6 Å². The fourth-order valence-electron chi connectivity index (χ4n) is 6.48. The van der Waals surface area contributed by atoms with Crippen LogP contribution in [0.25, 0.3) is 0 Å². The number of rotatable bonds is 7. The highest BCUT2D eigenvalue weighted by molar-refractivity contribution is 8.18. The van der Waals surface area contributed by atoms with Crippen LogP contribution in [0.15, 0.2) is 64.1 Å². The van der Waals surface area contributed by atoms with Crippen molar-refractivity contribution in [1.82, 2.24) is 4.90 Å². The van der Waals surface area contributed by atoms with E-state index in [0.717, 1.165) is 22.0 Å². The molecular weight excluding hydrogens is 565 g/mol. The number of carbonyl (C=O) groups excluding carboxylic acids is 2. The lowest BCUT2D eigenvalue weighted by molar-refractivity contribution is -0.854. The Morgan fingerprint density at radius 3 is 2.38 bits per heavy atom. The highest BCUT2D eigenvalue weighted by Crippen LogP contribution is 2.56. The number of amidine groups is 1. The van der Waals surface area contributed by atoms with E-state index < -0.39 is 17.5 Å². The van der Waals surface area contributed by atoms with Crippen LogP contribution in [0.2, 0.25) is 10.0 Å². The van der Waals surface area contributed by atoms with Gasteiger partial charge in [-0.05, 0) is 60.0 Å². The van der Waals surface area contributed by atoms with Gasteiger partial charge >= 0.3 is 5.91 Å². The SMILES string of the molecule is CC(C)C1=C(C(=O)[N+]2(CCC#N)CCC[C@H]2C(N)=O)SC2=N[C@@](C)(c3ccc(Cl)cc3)[C@@H](c3ccc(Cl)cc3)N21. The zero-order valence-corrected chi connectivity index (χ0v) is 25.1. The van der Waals surface area contributed by atoms with Gasteiger partial charge in [-0.3, -0.25) is 4.79 Å². The Morgan fingerprint density at radius 2 is 1.80 bits per heavy atom. The molecule has 1 unspecified atom stereocenters. The van der Waals surface area contributed by atoms with Gasteiger partial charge in [-0.25, -0.2) is 14.3 Å². The van der Waals surface area contributed by atoms with E-state index in [-0.39, 0.29) is 35.3 Å². The maximum absolute atomic E-state index is 14.6. The third-order valence-electron chi connectivity index (χ3n) is 8.35. The number of hydrogen-bond acceptors (Lipinski definition) is 6. The van der Waals surface area contributed by atoms with Crippen LogP contribution in [-0.4, -0.2) is 45.5 Å². The lowest BCUT2D eigenvalue weighted by atomic mass is 9.81. The third kappa shape index (κ3) is 4.63. The molecule has 5 rings (SSSR count). The van der Waals surface area contributed by atoms with E-state index in [0.29, 0.717) is 34.3 Å². The van der Waals surface area contributed by atoms with E-state index in [4.69, 9.17) is 33.9 Å². The Kier molecular flexibility index (Phi) is 7.79. The highest BCUT2D eigenvalue weighted by Gasteiger charge is 2.58. The molecule has 3 aliphatic heterocycles. The van der Waals surface area contributed by atoms with Crippen LogP contribution < -0.4 is 5.73 Å². The summed E-state index contributed by atoms with van der Waals surface area (Å²) in [6.45, 7) is 6.98. The number of nitriles is 1. The molecule has 0 aromatic heterocycles. The van der Waals surface area contributed by atoms with E-state index in [1.807, 2.05) is 48.5 Å². The molecule has 3 heterocycles. The summed E-state index contributed by atoms with van der Waals surface area (Å²) >= 11 is 13.9. The second-order valence-electron chi connectivity index (χ2n) is 11.1. The second-order valence-corrected chi connectivity index (χ2v) is 12.9. The predicted molar refractivity (Wildman–Crippen MR) is 159 cm³/mol. The highest BCUT2D eigenvalue weighted by atomic mass is 35.5. The normalized spacial score (nSPS) is 27.6. The van der Waals surface area contributed by atoms with Crippen LogP contribution in [-0.2, 0) is 15.1 Å². The number of carbonyl (C=O) groups is 2. The van der Waals surface area contributed by atoms with Crippen molar-refractivity contribution in [1.29, 1.82) is 5.26 Å². The predicted octanol–water partition coefficient (Wildman–Crippen LogP) is 6.14. The van der Waals surface area contributed by atoms with Crippen molar-refractivity contribution in [3.8, 4) is 6.07 Å². The smallest absolute Gasteiger partial charge is 0.355 e. The minimum atomic E-state index is -0.675. The van der Waals surface area contributed by atoms with E-state index >= 15 is 0 Å². The fraction of sp³-hybridized carbons (Fsp3) is 0.400. The van der Waals surface area contributed by atoms with Crippen LogP contribution in [0.3, 0.4) is 0 Å². The summed E-state index contributed by atoms with van der Waals surface area (Å²) in [7, 11) is 0. The summed E-state index contributed by atoms with van der Waals surface area (Å²) in [5.74, 6) is -0.664. The first-order valence-electron chi connectivity index (χ1n) is 13.4. The number of fused-ring (bicyclic) bond motifs is 1. The molecule has 0 radical (unpaired) electrons. The first kappa shape index (κ1) is 28.7. The third-order valence-corrected chi connectivity index (χ3v) is 9.91. The van der Waals surface area contributed by atoms with Gasteiger partial charge in [-0.15, -0.1) is 0 Å². The number of hydrogen-bond donors (Lipinski definition) is 1. The molecule has 1 fully saturated rings. The quantitative estimate of drug-likeness (QED) is 0.387. The van der Waals surface area contributed by atoms with Gasteiger partial charge in [-0.1, -0.05) is 61.3 Å². The zero-order chi connectivity index (χ0) is 28.8. The number of likely N-dealkylation sites (tertiary alicyclic amines) is 1. The average molecular weight is 598 g/mol. The maximum Gasteiger partial charge on any atom is 0.355 e. The first-order valence-corrected chi connectivity index (χ1v) is 15.0. The lowest BCUT2D eigenvalue weighted by Gasteiger charge is -2.38. The molecule has 4 atom stereocenters. The monoisotopic (exact) mass is 596 g/mol. The average Bonchev–Trinajstić information content (AvgIpc) is 3.59. The van der Waals surface area contributed by atoms with E-state index in [1.165, 1.54) is 11.8 Å². The van der Waals surface area contributed by atoms with Gasteiger partial charge in [0.05, 0.1) is 31.6 Å². The molecule has 10 heteroatoms. The number of aliphatic imine (C=N–C) groups is 1. The van der Waals surface area contributed by atoms with Crippen molar-refractivity contribution in [2.75, 3.05) is 13.1 Å². The molecule has 2 aromatic rings. The number of amides is 2. The summed E-state index contributed by atoms with van der Waals surface area (Å²) < 4.78 is -0.109. The minimum absolute atomic E-state index is 0.0211. The van der Waals surface area contributed by atoms with Crippen LogP contribution in [0.4, 0.5) is 0 Å². The number of primary amides is 1. The topological polar surface area (TPSA) is 99.5 Å². The van der Waals surface area contributed by atoms with Gasteiger partial charge in [0.2, 0.25) is 0 Å². The Morgan fingerprint density at radius 1 is 1.18 bits per heavy atom. The molecule has 208 valence electrons. The van der Waals surface area contributed by atoms with Crippen LogP contribution in [0.5, 0.6) is 0 Å². The summed E-state index contributed by atoms with van der Waals surface area (Å²) in [5.41, 5.74) is 8.03. The van der Waals surface area contributed by atoms with E-state index in [1.54, 1.807) is 0 Å². The molecule has 40 heavy (non-hydrogen) atoms. The van der Waals surface area contributed by atoms with Gasteiger partial charge in [0.15, 0.2) is 11.2 Å². The first-order chi connectivity index (χ1) is 19.0. The number of thioether (sulfide) groups is 1. The summed E-state index contributed by atoms with van der Waals surface area (Å²) in [6.07, 6.45) is 1.40. The Bertz CT molecular complexity index is 1450. The molecule has 1 saturated heterocycles. The zero-order valence-electron chi connectivity index (χ0n) is 22.7. The van der Waals surface area contributed by atoms with Crippen LogP contribution in [0, 0.1) is 17.2 Å². The fourth-order valence-corrected chi connectivity index (χ4v) is 8.16. The molecule has 3 aliphatic rings. The van der Waals surface area contributed by atoms with Crippen molar-refractivity contribution >= 4 is 51.9 Å². The van der Waals surface area contributed by atoms with Crippen molar-refractivity contribution in [3.63, 3.8) is 0 Å². The molecule has 0 saturated carbocycles. The van der Waals surface area contributed by atoms with Crippen molar-refractivity contribution in [2.45, 2.75) is 57.7 Å². The molecule has 2 amide bonds. The van der Waals surface area contributed by atoms with E-state index in [2.05, 4.69) is 31.7 Å². The van der Waals surface area contributed by atoms with Crippen LogP contribution in [0.1, 0.15) is 57.2 Å². The molecular formula is C30H32Cl2N5O2S+. The standard InChI is InChI=1S/C30H31Cl2N5O2S/c1-18(2)24-25(28(39)37(17-5-15-33)16-4-6-23(37)27(34)38)40-29-35-30(3,20-9-13-22(32)14-10-20)26(36(24)29)19-7-11-21(31)12-8-19/h7-14,18,23,26H,4-6,16-17H2,1-3H3,(H-,34,38)/p+1/t23-,26+,30-,37?/m0/s1. The second kappa shape index (κ2) is 10.9. The number of halogens is 2. The summed E-state index contributed by atoms with van der Waals surface area (Å²) in [6, 6.07) is 16.7. The molecule has 0 bridgehead atoms. The number of nitrogens with zero attached hydrogens (tertiary/aromatic N) is 4. The summed E-state index contributed by atoms with van der Waals surface area (Å²) in [4.78, 5) is 35.1. The maximum atomic E-state index is 14.6. The number of nitrogens with two attached hydrogens (primary N) is 1. The van der Waals surface area contributed by atoms with Gasteiger partial charge in [0.1, 0.15) is 10.4 Å². The van der Waals surface area contributed by atoms with Crippen molar-refractivity contribution in [3.05, 3.63) is 80.3 Å². The van der Waals surface area contributed by atoms with Gasteiger partial charge in [-0.2, -0.15) is 5.26 Å². The molecule has 2 aromatic carbocycles. The number of quaternary nitrogens is 1. The largest absolute Gasteiger partial charge is 0.364 e. The van der Waals surface area contributed by atoms with Crippen molar-refractivity contribution in [2.24, 2.45) is 16.6 Å². The number of allylic oxidation sites excluding steroid dienone is 1. The molecule has 0 spiro atoms. The van der Waals surface area contributed by atoms with Gasteiger partial charge in [0, 0.05) is 28.6 Å².